The summed E-state index contributed by atoms with van der Waals surface area (Å²) in [4.78, 5) is 66.9. The summed E-state index contributed by atoms with van der Waals surface area (Å²) < 4.78 is 46.0. The van der Waals surface area contributed by atoms with Crippen LogP contribution in [0.15, 0.2) is 24.3 Å². The van der Waals surface area contributed by atoms with Crippen LogP contribution in [0.3, 0.4) is 0 Å². The number of fused-ring (bicyclic) bond motifs is 2. The number of nitrogens with zero attached hydrogens (tertiary/aromatic N) is 2. The molecule has 4 atom stereocenters. The number of nitrogens with two attached hydrogens (primary N) is 1. The minimum atomic E-state index is -5.31. The summed E-state index contributed by atoms with van der Waals surface area (Å²) in [5.41, 5.74) is 0.407. The van der Waals surface area contributed by atoms with Crippen molar-refractivity contribution in [2.45, 2.75) is 50.0 Å². The lowest BCUT2D eigenvalue weighted by Crippen LogP contribution is -2.60. The minimum absolute atomic E-state index is 0.0146. The number of hydrogen-bond donors (Lipinski definition) is 6. The second-order valence-corrected chi connectivity index (χ2v) is 12.5. The second-order valence-electron chi connectivity index (χ2n) is 10.6. The number of primary amides is 1. The molecule has 43 heavy (non-hydrogen) atoms. The van der Waals surface area contributed by atoms with Crippen LogP contribution in [0, 0.1) is 0 Å². The number of amides is 5. The number of alkyl halides is 2. The highest BCUT2D eigenvalue weighted by Gasteiger charge is 2.52. The number of aromatic nitrogens is 1. The Morgan fingerprint density at radius 1 is 1.19 bits per heavy atom. The van der Waals surface area contributed by atoms with Gasteiger partial charge in [0.2, 0.25) is 11.8 Å². The molecule has 0 bridgehead atoms. The first-order valence-electron chi connectivity index (χ1n) is 13.9. The van der Waals surface area contributed by atoms with E-state index in [1.54, 1.807) is 0 Å². The van der Waals surface area contributed by atoms with Crippen molar-refractivity contribution in [3.8, 4) is 0 Å². The zero-order chi connectivity index (χ0) is 31.5. The predicted octanol–water partition coefficient (Wildman–Crippen LogP) is 1.02. The summed E-state index contributed by atoms with van der Waals surface area (Å²) in [7, 11) is -3.49. The molecular weight excluding hydrogens is 591 g/mol. The van der Waals surface area contributed by atoms with Crippen molar-refractivity contribution in [2.24, 2.45) is 5.73 Å². The molecule has 2 aliphatic rings. The van der Waals surface area contributed by atoms with Crippen molar-refractivity contribution in [1.82, 2.24) is 30.7 Å². The molecule has 4 rings (SSSR count). The Labute approximate surface area is 246 Å². The van der Waals surface area contributed by atoms with Crippen LogP contribution in [0.5, 0.6) is 0 Å². The Kier molecular flexibility index (Phi) is 9.74. The number of carbonyl (C=O) groups excluding carboxylic acids is 4. The lowest BCUT2D eigenvalue weighted by atomic mass is 10.1. The Balaban J connectivity index is 1.51. The van der Waals surface area contributed by atoms with Crippen molar-refractivity contribution < 1.29 is 41.9 Å². The van der Waals surface area contributed by atoms with Gasteiger partial charge in [-0.15, -0.1) is 0 Å². The van der Waals surface area contributed by atoms with Crippen LogP contribution >= 0.6 is 7.60 Å². The van der Waals surface area contributed by atoms with Crippen LogP contribution in [0.1, 0.15) is 42.2 Å². The molecule has 0 radical (unpaired) electrons. The average Bonchev–Trinajstić information content (AvgIpc) is 3.56. The zero-order valence-electron chi connectivity index (χ0n) is 23.8. The van der Waals surface area contributed by atoms with Crippen molar-refractivity contribution in [2.75, 3.05) is 39.8 Å². The van der Waals surface area contributed by atoms with E-state index < -0.39 is 48.8 Å². The highest BCUT2D eigenvalue weighted by atomic mass is 31.2. The maximum atomic E-state index is 14.8. The van der Waals surface area contributed by atoms with E-state index in [0.29, 0.717) is 31.3 Å². The molecule has 3 heterocycles. The van der Waals surface area contributed by atoms with E-state index in [1.165, 1.54) is 24.0 Å². The molecule has 2 saturated heterocycles. The fourth-order valence-corrected chi connectivity index (χ4v) is 6.46. The zero-order valence-corrected chi connectivity index (χ0v) is 24.7. The summed E-state index contributed by atoms with van der Waals surface area (Å²) in [6.07, 6.45) is 1.70. The first kappa shape index (κ1) is 32.3. The van der Waals surface area contributed by atoms with Gasteiger partial charge in [0.25, 0.3) is 5.91 Å². The number of nitrogens with one attached hydrogen (secondary N) is 4. The van der Waals surface area contributed by atoms with E-state index in [2.05, 4.69) is 25.5 Å². The number of rotatable bonds is 10. The van der Waals surface area contributed by atoms with E-state index in [9.17, 15) is 37.4 Å². The number of urea groups is 1. The molecule has 2 aliphatic heterocycles. The van der Waals surface area contributed by atoms with Crippen LogP contribution in [0.2, 0.25) is 0 Å². The maximum absolute atomic E-state index is 14.8. The molecular formula is C26H36F2N7O7P. The van der Waals surface area contributed by atoms with E-state index >= 15 is 0 Å². The minimum Gasteiger partial charge on any atom is -0.353 e. The molecule has 1 unspecified atom stereocenters. The van der Waals surface area contributed by atoms with E-state index in [0.717, 1.165) is 12.1 Å². The SMILES string of the molecule is CCOP(=O)(O)C(F)(F)c1ccc2[nH]c(C(=O)N[C@H]3CN(C)CC[C@H]4CC[C@@H](C(=O)NCCNC(N)=O)N4C3=O)cc2c1. The predicted molar refractivity (Wildman–Crippen MR) is 151 cm³/mol. The molecule has 7 N–H and O–H groups in total. The number of carbonyl (C=O) groups is 4. The number of benzene rings is 1. The molecule has 2 aromatic rings. The summed E-state index contributed by atoms with van der Waals surface area (Å²) >= 11 is 0. The van der Waals surface area contributed by atoms with Crippen molar-refractivity contribution in [3.05, 3.63) is 35.5 Å². The Morgan fingerprint density at radius 3 is 2.60 bits per heavy atom. The molecule has 1 aromatic heterocycles. The third kappa shape index (κ3) is 6.98. The van der Waals surface area contributed by atoms with Gasteiger partial charge in [-0.3, -0.25) is 18.9 Å². The molecule has 1 aromatic carbocycles. The van der Waals surface area contributed by atoms with Gasteiger partial charge >= 0.3 is 19.3 Å². The summed E-state index contributed by atoms with van der Waals surface area (Å²) in [6, 6.07) is 1.84. The molecule has 17 heteroatoms. The highest BCUT2D eigenvalue weighted by Crippen LogP contribution is 2.63. The molecule has 0 aliphatic carbocycles. The van der Waals surface area contributed by atoms with E-state index in [1.807, 2.05) is 11.9 Å². The Bertz CT molecular complexity index is 1440. The fourth-order valence-electron chi connectivity index (χ4n) is 5.48. The fraction of sp³-hybridized carbons (Fsp3) is 0.538. The number of likely N-dealkylation sites (N-methyl/N-ethyl adjacent to an activating group) is 1. The number of H-pyrrole nitrogens is 1. The van der Waals surface area contributed by atoms with Gasteiger partial charge < -0.3 is 45.9 Å². The lowest BCUT2D eigenvalue weighted by molar-refractivity contribution is -0.143. The molecule has 14 nitrogen and oxygen atoms in total. The standard InChI is InChI=1S/C26H36F2N7O7P/c1-3-42-43(40,41)26(27,28)16-4-6-18-15(12-16)13-19(32-18)22(36)33-20-14-34(2)11-8-17-5-7-21(35(17)24(20)38)23(37)30-9-10-31-25(29)39/h4,6,12-13,17,20-21,32H,3,5,7-11,14H2,1-2H3,(H,30,37)(H,33,36)(H,40,41)(H3,29,31,39)/t17-,20+,21+/m1/s1. The second kappa shape index (κ2) is 13.0. The van der Waals surface area contributed by atoms with E-state index in [4.69, 9.17) is 5.73 Å². The van der Waals surface area contributed by atoms with Crippen molar-refractivity contribution in [1.29, 1.82) is 0 Å². The average molecular weight is 628 g/mol. The normalized spacial score (nSPS) is 22.8. The number of hydrogen-bond acceptors (Lipinski definition) is 7. The van der Waals surface area contributed by atoms with Crippen LogP contribution < -0.4 is 21.7 Å². The third-order valence-electron chi connectivity index (χ3n) is 7.60. The summed E-state index contributed by atoms with van der Waals surface area (Å²) in [5.74, 6) is -1.47. The lowest BCUT2D eigenvalue weighted by Gasteiger charge is -2.37. The molecule has 236 valence electrons. The van der Waals surface area contributed by atoms with E-state index in [-0.39, 0.29) is 49.3 Å². The van der Waals surface area contributed by atoms with Crippen LogP contribution in [0.4, 0.5) is 13.6 Å². The molecule has 2 fully saturated rings. The monoisotopic (exact) mass is 627 g/mol. The van der Waals surface area contributed by atoms with Gasteiger partial charge in [-0.25, -0.2) is 4.79 Å². The van der Waals surface area contributed by atoms with Crippen LogP contribution in [0.25, 0.3) is 10.9 Å². The smallest absolute Gasteiger partial charge is 0.353 e. The molecule has 5 amide bonds. The molecule has 0 spiro atoms. The topological polar surface area (TPSA) is 199 Å². The van der Waals surface area contributed by atoms with Crippen LogP contribution in [-0.4, -0.2) is 101 Å². The molecule has 0 saturated carbocycles. The largest absolute Gasteiger partial charge is 0.401 e. The van der Waals surface area contributed by atoms with Gasteiger partial charge in [-0.2, -0.15) is 8.78 Å². The number of halogens is 2. The van der Waals surface area contributed by atoms with Crippen molar-refractivity contribution >= 4 is 42.3 Å². The van der Waals surface area contributed by atoms with Gasteiger partial charge in [-0.05, 0) is 58.0 Å². The third-order valence-corrected chi connectivity index (χ3v) is 9.17. The summed E-state index contributed by atoms with van der Waals surface area (Å²) in [5, 5.41) is 7.98. The maximum Gasteiger partial charge on any atom is 0.401 e. The van der Waals surface area contributed by atoms with Gasteiger partial charge in [0, 0.05) is 42.1 Å². The Morgan fingerprint density at radius 2 is 1.91 bits per heavy atom. The highest BCUT2D eigenvalue weighted by molar-refractivity contribution is 7.53. The first-order valence-corrected chi connectivity index (χ1v) is 15.4. The van der Waals surface area contributed by atoms with Gasteiger partial charge in [0.15, 0.2) is 0 Å². The Hall–Kier alpha value is -3.59. The summed E-state index contributed by atoms with van der Waals surface area (Å²) in [6.45, 7) is 1.99. The first-order chi connectivity index (χ1) is 20.2. The van der Waals surface area contributed by atoms with Gasteiger partial charge in [0.1, 0.15) is 17.8 Å². The van der Waals surface area contributed by atoms with Gasteiger partial charge in [0.05, 0.1) is 6.61 Å². The van der Waals surface area contributed by atoms with Crippen molar-refractivity contribution in [3.63, 3.8) is 0 Å². The number of aromatic amines is 1. The van der Waals surface area contributed by atoms with Crippen LogP contribution in [-0.2, 0) is 24.3 Å². The quantitative estimate of drug-likeness (QED) is 0.166. The van der Waals surface area contributed by atoms with Gasteiger partial charge in [-0.1, -0.05) is 6.07 Å².